The molecule has 1 aliphatic carbocycles. The molecule has 116 valence electrons. The Hall–Kier alpha value is -0.610. The molecular weight excluding hydrogens is 252 g/mol. The van der Waals surface area contributed by atoms with Crippen LogP contribution in [-0.4, -0.2) is 51.2 Å². The Morgan fingerprint density at radius 1 is 1.35 bits per heavy atom. The third-order valence-electron chi connectivity index (χ3n) is 5.10. The standard InChI is InChI=1S/C16H30N2O2/c1-17-12-14-6-5-10-18(13-14)15(19)16(9-11-20-2)7-3-4-8-16/h14,17H,3-13H2,1-2H3. The molecule has 1 unspecified atom stereocenters. The molecular formula is C16H30N2O2. The maximum atomic E-state index is 13.0. The number of carbonyl (C=O) groups excluding carboxylic acids is 1. The Morgan fingerprint density at radius 2 is 2.10 bits per heavy atom. The highest BCUT2D eigenvalue weighted by molar-refractivity contribution is 5.83. The second-order valence-corrected chi connectivity index (χ2v) is 6.55. The van der Waals surface area contributed by atoms with Crippen molar-refractivity contribution in [1.29, 1.82) is 0 Å². The van der Waals surface area contributed by atoms with Crippen LogP contribution < -0.4 is 5.32 Å². The lowest BCUT2D eigenvalue weighted by molar-refractivity contribution is -0.145. The third-order valence-corrected chi connectivity index (χ3v) is 5.10. The van der Waals surface area contributed by atoms with E-state index >= 15 is 0 Å². The van der Waals surface area contributed by atoms with Crippen molar-refractivity contribution in [3.63, 3.8) is 0 Å². The van der Waals surface area contributed by atoms with E-state index in [4.69, 9.17) is 4.74 Å². The lowest BCUT2D eigenvalue weighted by Gasteiger charge is -2.39. The molecule has 2 fully saturated rings. The summed E-state index contributed by atoms with van der Waals surface area (Å²) < 4.78 is 5.25. The number of nitrogens with one attached hydrogen (secondary N) is 1. The molecule has 1 saturated heterocycles. The van der Waals surface area contributed by atoms with E-state index in [1.165, 1.54) is 19.3 Å². The van der Waals surface area contributed by atoms with E-state index in [2.05, 4.69) is 10.2 Å². The number of piperidine rings is 1. The van der Waals surface area contributed by atoms with Gasteiger partial charge in [0.1, 0.15) is 0 Å². The maximum Gasteiger partial charge on any atom is 0.228 e. The minimum absolute atomic E-state index is 0.114. The first-order valence-corrected chi connectivity index (χ1v) is 8.15. The highest BCUT2D eigenvalue weighted by Crippen LogP contribution is 2.43. The van der Waals surface area contributed by atoms with Gasteiger partial charge in [0.25, 0.3) is 0 Å². The molecule has 0 radical (unpaired) electrons. The van der Waals surface area contributed by atoms with Crippen LogP contribution in [-0.2, 0) is 9.53 Å². The molecule has 4 nitrogen and oxygen atoms in total. The van der Waals surface area contributed by atoms with Crippen molar-refractivity contribution >= 4 is 5.91 Å². The van der Waals surface area contributed by atoms with Crippen LogP contribution in [0.2, 0.25) is 0 Å². The fraction of sp³-hybridized carbons (Fsp3) is 0.938. The first-order valence-electron chi connectivity index (χ1n) is 8.15. The number of hydrogen-bond acceptors (Lipinski definition) is 3. The summed E-state index contributed by atoms with van der Waals surface area (Å²) in [5, 5.41) is 3.25. The van der Waals surface area contributed by atoms with Gasteiger partial charge >= 0.3 is 0 Å². The fourth-order valence-corrected chi connectivity index (χ4v) is 3.96. The number of nitrogens with zero attached hydrogens (tertiary/aromatic N) is 1. The summed E-state index contributed by atoms with van der Waals surface area (Å²) in [6, 6.07) is 0. The Bertz CT molecular complexity index is 312. The molecule has 0 bridgehead atoms. The van der Waals surface area contributed by atoms with Gasteiger partial charge in [0.15, 0.2) is 0 Å². The summed E-state index contributed by atoms with van der Waals surface area (Å²) in [7, 11) is 3.73. The van der Waals surface area contributed by atoms with Crippen molar-refractivity contribution in [2.75, 3.05) is 40.4 Å². The van der Waals surface area contributed by atoms with E-state index in [-0.39, 0.29) is 5.41 Å². The number of hydrogen-bond donors (Lipinski definition) is 1. The van der Waals surface area contributed by atoms with Crippen molar-refractivity contribution < 1.29 is 9.53 Å². The number of carbonyl (C=O) groups is 1. The molecule has 1 heterocycles. The van der Waals surface area contributed by atoms with Crippen molar-refractivity contribution in [3.8, 4) is 0 Å². The molecule has 1 N–H and O–H groups in total. The Kier molecular flexibility index (Phi) is 5.85. The molecule has 2 aliphatic rings. The van der Waals surface area contributed by atoms with Crippen LogP contribution in [0.4, 0.5) is 0 Å². The zero-order chi connectivity index (χ0) is 14.4. The summed E-state index contributed by atoms with van der Waals surface area (Å²) in [5.74, 6) is 1.03. The zero-order valence-corrected chi connectivity index (χ0v) is 13.1. The molecule has 0 aromatic carbocycles. The second-order valence-electron chi connectivity index (χ2n) is 6.55. The van der Waals surface area contributed by atoms with E-state index in [1.807, 2.05) is 7.05 Å². The van der Waals surface area contributed by atoms with E-state index in [0.717, 1.165) is 45.3 Å². The van der Waals surface area contributed by atoms with Crippen molar-refractivity contribution in [1.82, 2.24) is 10.2 Å². The Balaban J connectivity index is 1.99. The highest BCUT2D eigenvalue weighted by Gasteiger charge is 2.43. The molecule has 1 atom stereocenters. The minimum atomic E-state index is -0.114. The van der Waals surface area contributed by atoms with Crippen LogP contribution in [0, 0.1) is 11.3 Å². The molecule has 0 aromatic rings. The molecule has 0 spiro atoms. The fourth-order valence-electron chi connectivity index (χ4n) is 3.96. The molecule has 1 aliphatic heterocycles. The zero-order valence-electron chi connectivity index (χ0n) is 13.1. The smallest absolute Gasteiger partial charge is 0.228 e. The molecule has 2 rings (SSSR count). The first kappa shape index (κ1) is 15.8. The molecule has 1 amide bonds. The Morgan fingerprint density at radius 3 is 2.75 bits per heavy atom. The topological polar surface area (TPSA) is 41.6 Å². The summed E-state index contributed by atoms with van der Waals surface area (Å²) in [6.07, 6.45) is 7.81. The van der Waals surface area contributed by atoms with Crippen LogP contribution >= 0.6 is 0 Å². The SMILES string of the molecule is CNCC1CCCN(C(=O)C2(CCOC)CCCC2)C1. The average Bonchev–Trinajstić information content (AvgIpc) is 2.95. The first-order chi connectivity index (χ1) is 9.72. The number of rotatable bonds is 6. The van der Waals surface area contributed by atoms with E-state index < -0.39 is 0 Å². The summed E-state index contributed by atoms with van der Waals surface area (Å²) in [6.45, 7) is 3.62. The third kappa shape index (κ3) is 3.53. The molecule has 4 heteroatoms. The van der Waals surface area contributed by atoms with Crippen LogP contribution in [0.15, 0.2) is 0 Å². The van der Waals surface area contributed by atoms with Crippen molar-refractivity contribution in [3.05, 3.63) is 0 Å². The van der Waals surface area contributed by atoms with Crippen LogP contribution in [0.1, 0.15) is 44.9 Å². The summed E-state index contributed by atoms with van der Waals surface area (Å²) in [4.78, 5) is 15.2. The van der Waals surface area contributed by atoms with Crippen molar-refractivity contribution in [2.45, 2.75) is 44.9 Å². The van der Waals surface area contributed by atoms with E-state index in [9.17, 15) is 4.79 Å². The van der Waals surface area contributed by atoms with Gasteiger partial charge in [0.2, 0.25) is 5.91 Å². The van der Waals surface area contributed by atoms with Gasteiger partial charge in [0, 0.05) is 26.8 Å². The largest absolute Gasteiger partial charge is 0.385 e. The van der Waals surface area contributed by atoms with Gasteiger partial charge in [-0.3, -0.25) is 4.79 Å². The monoisotopic (exact) mass is 282 g/mol. The van der Waals surface area contributed by atoms with Crippen molar-refractivity contribution in [2.24, 2.45) is 11.3 Å². The van der Waals surface area contributed by atoms with Crippen LogP contribution in [0.25, 0.3) is 0 Å². The van der Waals surface area contributed by atoms with Gasteiger partial charge in [-0.05, 0) is 51.6 Å². The average molecular weight is 282 g/mol. The van der Waals surface area contributed by atoms with Gasteiger partial charge in [-0.15, -0.1) is 0 Å². The normalized spacial score (nSPS) is 25.9. The van der Waals surface area contributed by atoms with Gasteiger partial charge in [-0.2, -0.15) is 0 Å². The maximum absolute atomic E-state index is 13.0. The second kappa shape index (κ2) is 7.41. The van der Waals surface area contributed by atoms with E-state index in [0.29, 0.717) is 18.4 Å². The van der Waals surface area contributed by atoms with Gasteiger partial charge in [-0.1, -0.05) is 12.8 Å². The number of ether oxygens (including phenoxy) is 1. The highest BCUT2D eigenvalue weighted by atomic mass is 16.5. The van der Waals surface area contributed by atoms with Gasteiger partial charge in [0.05, 0.1) is 5.41 Å². The predicted molar refractivity (Wildman–Crippen MR) is 80.6 cm³/mol. The summed E-state index contributed by atoms with van der Waals surface area (Å²) >= 11 is 0. The van der Waals surface area contributed by atoms with Gasteiger partial charge in [-0.25, -0.2) is 0 Å². The lowest BCUT2D eigenvalue weighted by atomic mass is 9.80. The predicted octanol–water partition coefficient (Wildman–Crippen LogP) is 2.04. The molecule has 0 aromatic heterocycles. The number of methoxy groups -OCH3 is 1. The molecule has 1 saturated carbocycles. The lowest BCUT2D eigenvalue weighted by Crippen LogP contribution is -2.49. The Labute approximate surface area is 123 Å². The van der Waals surface area contributed by atoms with E-state index in [1.54, 1.807) is 7.11 Å². The quantitative estimate of drug-likeness (QED) is 0.810. The number of amides is 1. The van der Waals surface area contributed by atoms with Gasteiger partial charge < -0.3 is 15.0 Å². The molecule has 20 heavy (non-hydrogen) atoms. The number of likely N-dealkylation sites (tertiary alicyclic amines) is 1. The van der Waals surface area contributed by atoms with Crippen LogP contribution in [0.3, 0.4) is 0 Å². The van der Waals surface area contributed by atoms with Crippen LogP contribution in [0.5, 0.6) is 0 Å². The summed E-state index contributed by atoms with van der Waals surface area (Å²) in [5.41, 5.74) is -0.114. The minimum Gasteiger partial charge on any atom is -0.385 e.